The van der Waals surface area contributed by atoms with Crippen molar-refractivity contribution in [3.8, 4) is 0 Å². The average molecular weight is 233 g/mol. The fourth-order valence-electron chi connectivity index (χ4n) is 2.67. The monoisotopic (exact) mass is 233 g/mol. The minimum Gasteiger partial charge on any atom is -0.382 e. The van der Waals surface area contributed by atoms with Crippen molar-refractivity contribution in [3.05, 3.63) is 18.3 Å². The molecule has 1 aromatic rings. The molecule has 1 heterocycles. The van der Waals surface area contributed by atoms with E-state index in [9.17, 15) is 0 Å². The minimum atomic E-state index is 0.558. The van der Waals surface area contributed by atoms with E-state index >= 15 is 0 Å². The van der Waals surface area contributed by atoms with Gasteiger partial charge in [0.2, 0.25) is 0 Å². The number of anilines is 2. The number of nitrogens with one attached hydrogen (secondary N) is 2. The van der Waals surface area contributed by atoms with Crippen LogP contribution in [0.25, 0.3) is 0 Å². The quantitative estimate of drug-likeness (QED) is 0.835. The molecule has 94 valence electrons. The summed E-state index contributed by atoms with van der Waals surface area (Å²) in [5.74, 6) is 1.75. The van der Waals surface area contributed by atoms with Crippen molar-refractivity contribution >= 4 is 11.5 Å². The van der Waals surface area contributed by atoms with E-state index in [1.54, 1.807) is 0 Å². The van der Waals surface area contributed by atoms with Crippen LogP contribution in [0.5, 0.6) is 0 Å². The maximum Gasteiger partial charge on any atom is 0.127 e. The number of aromatic nitrogens is 1. The molecule has 0 saturated heterocycles. The second-order valence-corrected chi connectivity index (χ2v) is 5.01. The third-order valence-electron chi connectivity index (χ3n) is 3.77. The normalized spacial score (nSPS) is 18.7. The van der Waals surface area contributed by atoms with E-state index in [-0.39, 0.29) is 0 Å². The molecule has 2 N–H and O–H groups in total. The zero-order valence-electron chi connectivity index (χ0n) is 10.9. The van der Waals surface area contributed by atoms with Crippen LogP contribution >= 0.6 is 0 Å². The molecule has 2 rings (SSSR count). The molecule has 1 unspecified atom stereocenters. The summed E-state index contributed by atoms with van der Waals surface area (Å²) in [5.41, 5.74) is 1.17. The topological polar surface area (TPSA) is 37.0 Å². The Morgan fingerprint density at radius 1 is 1.29 bits per heavy atom. The second kappa shape index (κ2) is 5.89. The second-order valence-electron chi connectivity index (χ2n) is 5.01. The van der Waals surface area contributed by atoms with Gasteiger partial charge in [-0.3, -0.25) is 0 Å². The molecule has 0 spiro atoms. The first-order valence-corrected chi connectivity index (χ1v) is 6.70. The van der Waals surface area contributed by atoms with Crippen LogP contribution in [-0.2, 0) is 0 Å². The standard InChI is InChI=1S/C14H23N3/c1-11(12-6-4-3-5-7-12)17-13-8-9-16-14(10-13)15-2/h8-12H,3-7H2,1-2H3,(H2,15,16,17). The summed E-state index contributed by atoms with van der Waals surface area (Å²) in [6.45, 7) is 2.30. The van der Waals surface area contributed by atoms with Gasteiger partial charge in [0, 0.05) is 31.0 Å². The highest BCUT2D eigenvalue weighted by molar-refractivity contribution is 5.52. The average Bonchev–Trinajstić information content (AvgIpc) is 2.40. The van der Waals surface area contributed by atoms with Gasteiger partial charge in [0.25, 0.3) is 0 Å². The Labute approximate surface area is 104 Å². The van der Waals surface area contributed by atoms with Gasteiger partial charge in [-0.2, -0.15) is 0 Å². The van der Waals surface area contributed by atoms with Gasteiger partial charge in [0.15, 0.2) is 0 Å². The molecular weight excluding hydrogens is 210 g/mol. The smallest absolute Gasteiger partial charge is 0.127 e. The highest BCUT2D eigenvalue weighted by Gasteiger charge is 2.19. The van der Waals surface area contributed by atoms with Crippen molar-refractivity contribution in [2.45, 2.75) is 45.1 Å². The minimum absolute atomic E-state index is 0.558. The highest BCUT2D eigenvalue weighted by atomic mass is 15.0. The van der Waals surface area contributed by atoms with Crippen LogP contribution in [0.1, 0.15) is 39.0 Å². The molecule has 0 aliphatic heterocycles. The van der Waals surface area contributed by atoms with E-state index in [0.29, 0.717) is 6.04 Å². The largest absolute Gasteiger partial charge is 0.382 e. The predicted octanol–water partition coefficient (Wildman–Crippen LogP) is 3.50. The lowest BCUT2D eigenvalue weighted by molar-refractivity contribution is 0.328. The summed E-state index contributed by atoms with van der Waals surface area (Å²) < 4.78 is 0. The van der Waals surface area contributed by atoms with Gasteiger partial charge in [0.1, 0.15) is 5.82 Å². The molecular formula is C14H23N3. The maximum absolute atomic E-state index is 4.23. The van der Waals surface area contributed by atoms with Gasteiger partial charge in [0.05, 0.1) is 0 Å². The molecule has 1 aromatic heterocycles. The molecule has 1 atom stereocenters. The molecule has 3 nitrogen and oxygen atoms in total. The van der Waals surface area contributed by atoms with E-state index in [2.05, 4.69) is 28.6 Å². The Bertz CT molecular complexity index is 345. The van der Waals surface area contributed by atoms with Gasteiger partial charge in [-0.15, -0.1) is 0 Å². The molecule has 0 radical (unpaired) electrons. The van der Waals surface area contributed by atoms with Crippen LogP contribution in [0.4, 0.5) is 11.5 Å². The van der Waals surface area contributed by atoms with E-state index < -0.39 is 0 Å². The fraction of sp³-hybridized carbons (Fsp3) is 0.643. The number of rotatable bonds is 4. The lowest BCUT2D eigenvalue weighted by Gasteiger charge is -2.29. The van der Waals surface area contributed by atoms with Crippen LogP contribution in [0.2, 0.25) is 0 Å². The van der Waals surface area contributed by atoms with Crippen molar-refractivity contribution in [3.63, 3.8) is 0 Å². The van der Waals surface area contributed by atoms with Gasteiger partial charge < -0.3 is 10.6 Å². The Morgan fingerprint density at radius 2 is 2.06 bits per heavy atom. The number of nitrogens with zero attached hydrogens (tertiary/aromatic N) is 1. The first-order valence-electron chi connectivity index (χ1n) is 6.70. The van der Waals surface area contributed by atoms with Crippen LogP contribution in [-0.4, -0.2) is 18.1 Å². The molecule has 1 fully saturated rings. The summed E-state index contributed by atoms with van der Waals surface area (Å²) in [7, 11) is 1.90. The van der Waals surface area contributed by atoms with Crippen molar-refractivity contribution in [2.24, 2.45) is 5.92 Å². The summed E-state index contributed by atoms with van der Waals surface area (Å²) in [4.78, 5) is 4.23. The summed E-state index contributed by atoms with van der Waals surface area (Å²) in [5, 5.41) is 6.68. The van der Waals surface area contributed by atoms with Gasteiger partial charge >= 0.3 is 0 Å². The number of hydrogen-bond donors (Lipinski definition) is 2. The van der Waals surface area contributed by atoms with E-state index in [1.807, 2.05) is 19.3 Å². The third kappa shape index (κ3) is 3.35. The maximum atomic E-state index is 4.23. The Hall–Kier alpha value is -1.25. The number of hydrogen-bond acceptors (Lipinski definition) is 3. The zero-order valence-corrected chi connectivity index (χ0v) is 10.9. The van der Waals surface area contributed by atoms with Crippen molar-refractivity contribution < 1.29 is 0 Å². The van der Waals surface area contributed by atoms with Gasteiger partial charge in [-0.25, -0.2) is 4.98 Å². The van der Waals surface area contributed by atoms with Gasteiger partial charge in [-0.1, -0.05) is 19.3 Å². The zero-order chi connectivity index (χ0) is 12.1. The summed E-state index contributed by atoms with van der Waals surface area (Å²) >= 11 is 0. The third-order valence-corrected chi connectivity index (χ3v) is 3.77. The van der Waals surface area contributed by atoms with E-state index in [4.69, 9.17) is 0 Å². The van der Waals surface area contributed by atoms with Crippen LogP contribution < -0.4 is 10.6 Å². The fourth-order valence-corrected chi connectivity index (χ4v) is 2.67. The Balaban J connectivity index is 1.94. The molecule has 0 amide bonds. The van der Waals surface area contributed by atoms with E-state index in [1.165, 1.54) is 37.8 Å². The molecule has 1 aliphatic carbocycles. The van der Waals surface area contributed by atoms with Crippen LogP contribution in [0, 0.1) is 5.92 Å². The molecule has 1 aliphatic rings. The molecule has 0 aromatic carbocycles. The predicted molar refractivity (Wildman–Crippen MR) is 73.4 cm³/mol. The summed E-state index contributed by atoms with van der Waals surface area (Å²) in [6, 6.07) is 4.67. The van der Waals surface area contributed by atoms with Crippen molar-refractivity contribution in [1.29, 1.82) is 0 Å². The Kier molecular flexibility index (Phi) is 4.24. The summed E-state index contributed by atoms with van der Waals surface area (Å²) in [6.07, 6.45) is 8.81. The van der Waals surface area contributed by atoms with Crippen molar-refractivity contribution in [2.75, 3.05) is 17.7 Å². The first-order chi connectivity index (χ1) is 8.29. The van der Waals surface area contributed by atoms with Crippen LogP contribution in [0.15, 0.2) is 18.3 Å². The number of pyridine rings is 1. The lowest BCUT2D eigenvalue weighted by Crippen LogP contribution is -2.27. The molecule has 3 heteroatoms. The van der Waals surface area contributed by atoms with Crippen LogP contribution in [0.3, 0.4) is 0 Å². The molecule has 17 heavy (non-hydrogen) atoms. The van der Waals surface area contributed by atoms with Gasteiger partial charge in [-0.05, 0) is 31.7 Å². The van der Waals surface area contributed by atoms with Crippen molar-refractivity contribution in [1.82, 2.24) is 4.98 Å². The van der Waals surface area contributed by atoms with E-state index in [0.717, 1.165) is 11.7 Å². The lowest BCUT2D eigenvalue weighted by atomic mass is 9.84. The highest BCUT2D eigenvalue weighted by Crippen LogP contribution is 2.28. The SMILES string of the molecule is CNc1cc(NC(C)C2CCCCC2)ccn1. The molecule has 0 bridgehead atoms. The molecule has 1 saturated carbocycles. The Morgan fingerprint density at radius 3 is 2.76 bits per heavy atom. The first kappa shape index (κ1) is 12.2.